The summed E-state index contributed by atoms with van der Waals surface area (Å²) in [5, 5.41) is 3.22. The molecule has 1 aliphatic rings. The van der Waals surface area contributed by atoms with Gasteiger partial charge < -0.3 is 10.1 Å². The number of rotatable bonds is 0. The van der Waals surface area contributed by atoms with Gasteiger partial charge in [-0.3, -0.25) is 4.79 Å². The first-order valence-electron chi connectivity index (χ1n) is 4.08. The van der Waals surface area contributed by atoms with E-state index >= 15 is 0 Å². The van der Waals surface area contributed by atoms with Crippen molar-refractivity contribution in [1.82, 2.24) is 5.32 Å². The van der Waals surface area contributed by atoms with Crippen molar-refractivity contribution < 1.29 is 9.53 Å². The first kappa shape index (κ1) is 9.80. The van der Waals surface area contributed by atoms with Crippen molar-refractivity contribution in [3.05, 3.63) is 27.2 Å². The molecule has 1 N–H and O–H groups in total. The molecule has 74 valence electrons. The summed E-state index contributed by atoms with van der Waals surface area (Å²) >= 11 is 9.14. The van der Waals surface area contributed by atoms with E-state index in [4.69, 9.17) is 16.3 Å². The highest BCUT2D eigenvalue weighted by molar-refractivity contribution is 9.10. The second-order valence-electron chi connectivity index (χ2n) is 2.87. The van der Waals surface area contributed by atoms with Gasteiger partial charge in [-0.2, -0.15) is 0 Å². The van der Waals surface area contributed by atoms with Crippen LogP contribution >= 0.6 is 27.5 Å². The number of nitrogens with one attached hydrogen (secondary N) is 1. The maximum absolute atomic E-state index is 11.5. The first-order valence-corrected chi connectivity index (χ1v) is 5.25. The van der Waals surface area contributed by atoms with E-state index in [1.54, 1.807) is 12.1 Å². The third-order valence-corrected chi connectivity index (χ3v) is 2.69. The summed E-state index contributed by atoms with van der Waals surface area (Å²) in [6.07, 6.45) is 0. The first-order chi connectivity index (χ1) is 6.68. The SMILES string of the molecule is O=C1NCCOc2c(Br)cc(Cl)cc21. The zero-order chi connectivity index (χ0) is 10.1. The lowest BCUT2D eigenvalue weighted by atomic mass is 10.2. The second-order valence-corrected chi connectivity index (χ2v) is 4.16. The van der Waals surface area contributed by atoms with Crippen LogP contribution in [0.4, 0.5) is 0 Å². The molecule has 0 bridgehead atoms. The average molecular weight is 277 g/mol. The predicted molar refractivity (Wildman–Crippen MR) is 57.0 cm³/mol. The molecule has 0 aromatic heterocycles. The molecule has 0 fully saturated rings. The van der Waals surface area contributed by atoms with Crippen molar-refractivity contribution in [1.29, 1.82) is 0 Å². The summed E-state index contributed by atoms with van der Waals surface area (Å²) in [5.74, 6) is 0.408. The van der Waals surface area contributed by atoms with Crippen molar-refractivity contribution in [2.45, 2.75) is 0 Å². The Kier molecular flexibility index (Phi) is 2.65. The van der Waals surface area contributed by atoms with Gasteiger partial charge in [0.05, 0.1) is 16.6 Å². The van der Waals surface area contributed by atoms with Gasteiger partial charge in [0.1, 0.15) is 12.4 Å². The van der Waals surface area contributed by atoms with Crippen molar-refractivity contribution >= 4 is 33.4 Å². The van der Waals surface area contributed by atoms with Crippen LogP contribution in [0.25, 0.3) is 0 Å². The van der Waals surface area contributed by atoms with E-state index in [2.05, 4.69) is 21.2 Å². The standard InChI is InChI=1S/C9H7BrClNO2/c10-7-4-5(11)3-6-8(7)14-2-1-12-9(6)13/h3-4H,1-2H2,(H,12,13). The molecule has 0 spiro atoms. The Balaban J connectivity index is 2.58. The summed E-state index contributed by atoms with van der Waals surface area (Å²) in [6.45, 7) is 0.983. The number of hydrogen-bond donors (Lipinski definition) is 1. The highest BCUT2D eigenvalue weighted by Crippen LogP contribution is 2.33. The minimum Gasteiger partial charge on any atom is -0.490 e. The molecule has 5 heteroatoms. The third kappa shape index (κ3) is 1.72. The lowest BCUT2D eigenvalue weighted by Crippen LogP contribution is -2.24. The van der Waals surface area contributed by atoms with Gasteiger partial charge in [-0.15, -0.1) is 0 Å². The van der Waals surface area contributed by atoms with Crippen molar-refractivity contribution in [2.75, 3.05) is 13.2 Å². The van der Waals surface area contributed by atoms with Crippen LogP contribution in [0.1, 0.15) is 10.4 Å². The van der Waals surface area contributed by atoms with Gasteiger partial charge in [-0.1, -0.05) is 11.6 Å². The Morgan fingerprint density at radius 1 is 1.50 bits per heavy atom. The van der Waals surface area contributed by atoms with E-state index < -0.39 is 0 Å². The van der Waals surface area contributed by atoms with Crippen LogP contribution in [0.5, 0.6) is 5.75 Å². The van der Waals surface area contributed by atoms with E-state index in [9.17, 15) is 4.79 Å². The third-order valence-electron chi connectivity index (χ3n) is 1.89. The zero-order valence-electron chi connectivity index (χ0n) is 7.14. The second kappa shape index (κ2) is 3.79. The van der Waals surface area contributed by atoms with Gasteiger partial charge in [-0.05, 0) is 28.1 Å². The Morgan fingerprint density at radius 3 is 3.07 bits per heavy atom. The maximum atomic E-state index is 11.5. The number of amides is 1. The minimum atomic E-state index is -0.152. The Hall–Kier alpha value is -0.740. The number of benzene rings is 1. The largest absolute Gasteiger partial charge is 0.490 e. The molecule has 1 aromatic carbocycles. The van der Waals surface area contributed by atoms with Gasteiger partial charge in [0.25, 0.3) is 5.91 Å². The number of carbonyl (C=O) groups is 1. The van der Waals surface area contributed by atoms with E-state index in [0.29, 0.717) is 34.0 Å². The number of hydrogen-bond acceptors (Lipinski definition) is 2. The fourth-order valence-electron chi connectivity index (χ4n) is 1.29. The quantitative estimate of drug-likeness (QED) is 0.789. The van der Waals surface area contributed by atoms with Gasteiger partial charge in [0.2, 0.25) is 0 Å². The van der Waals surface area contributed by atoms with Gasteiger partial charge in [-0.25, -0.2) is 0 Å². The minimum absolute atomic E-state index is 0.152. The average Bonchev–Trinajstić information content (AvgIpc) is 2.29. The van der Waals surface area contributed by atoms with E-state index in [1.165, 1.54) is 0 Å². The monoisotopic (exact) mass is 275 g/mol. The molecule has 0 saturated carbocycles. The van der Waals surface area contributed by atoms with Crippen LogP contribution < -0.4 is 10.1 Å². The van der Waals surface area contributed by atoms with Crippen molar-refractivity contribution in [3.8, 4) is 5.75 Å². The number of ether oxygens (including phenoxy) is 1. The van der Waals surface area contributed by atoms with E-state index in [0.717, 1.165) is 0 Å². The fourth-order valence-corrected chi connectivity index (χ4v) is 2.21. The summed E-state index contributed by atoms with van der Waals surface area (Å²) in [5.41, 5.74) is 0.474. The van der Waals surface area contributed by atoms with Crippen LogP contribution in [-0.4, -0.2) is 19.1 Å². The van der Waals surface area contributed by atoms with E-state index in [-0.39, 0.29) is 5.91 Å². The molecule has 14 heavy (non-hydrogen) atoms. The molecule has 1 aliphatic heterocycles. The van der Waals surface area contributed by atoms with E-state index in [1.807, 2.05) is 0 Å². The summed E-state index contributed by atoms with van der Waals surface area (Å²) in [7, 11) is 0. The van der Waals surface area contributed by atoms with Gasteiger partial charge >= 0.3 is 0 Å². The Morgan fingerprint density at radius 2 is 2.29 bits per heavy atom. The lowest BCUT2D eigenvalue weighted by molar-refractivity contribution is 0.0957. The fraction of sp³-hybridized carbons (Fsp3) is 0.222. The number of halogens is 2. The normalized spacial score (nSPS) is 15.1. The van der Waals surface area contributed by atoms with Gasteiger partial charge in [0, 0.05) is 5.02 Å². The molecule has 3 nitrogen and oxygen atoms in total. The van der Waals surface area contributed by atoms with Crippen LogP contribution in [0, 0.1) is 0 Å². The molecule has 1 heterocycles. The molecular formula is C9H7BrClNO2. The number of fused-ring (bicyclic) bond motifs is 1. The number of carbonyl (C=O) groups excluding carboxylic acids is 1. The van der Waals surface area contributed by atoms with Crippen molar-refractivity contribution in [2.24, 2.45) is 0 Å². The maximum Gasteiger partial charge on any atom is 0.255 e. The molecule has 1 aromatic rings. The molecule has 0 radical (unpaired) electrons. The highest BCUT2D eigenvalue weighted by Gasteiger charge is 2.19. The summed E-state index contributed by atoms with van der Waals surface area (Å²) < 4.78 is 6.12. The summed E-state index contributed by atoms with van der Waals surface area (Å²) in [6, 6.07) is 3.31. The molecule has 0 saturated heterocycles. The van der Waals surface area contributed by atoms with Gasteiger partial charge in [0.15, 0.2) is 0 Å². The van der Waals surface area contributed by atoms with Crippen LogP contribution in [0.2, 0.25) is 5.02 Å². The Labute approximate surface area is 94.5 Å². The zero-order valence-corrected chi connectivity index (χ0v) is 9.48. The predicted octanol–water partition coefficient (Wildman–Crippen LogP) is 2.22. The topological polar surface area (TPSA) is 38.3 Å². The molecule has 0 aliphatic carbocycles. The molecular weight excluding hydrogens is 269 g/mol. The highest BCUT2D eigenvalue weighted by atomic mass is 79.9. The molecule has 1 amide bonds. The van der Waals surface area contributed by atoms with Crippen molar-refractivity contribution in [3.63, 3.8) is 0 Å². The summed E-state index contributed by atoms with van der Waals surface area (Å²) in [4.78, 5) is 11.5. The van der Waals surface area contributed by atoms with Crippen LogP contribution in [0.3, 0.4) is 0 Å². The molecule has 0 atom stereocenters. The molecule has 2 rings (SSSR count). The Bertz CT molecular complexity index is 395. The lowest BCUT2D eigenvalue weighted by Gasteiger charge is -2.07. The van der Waals surface area contributed by atoms with Crippen LogP contribution in [-0.2, 0) is 0 Å². The van der Waals surface area contributed by atoms with Crippen LogP contribution in [0.15, 0.2) is 16.6 Å². The molecule has 0 unspecified atom stereocenters. The smallest absolute Gasteiger partial charge is 0.255 e.